The van der Waals surface area contributed by atoms with Crippen molar-refractivity contribution in [3.05, 3.63) is 0 Å². The highest BCUT2D eigenvalue weighted by molar-refractivity contribution is 6.75. The summed E-state index contributed by atoms with van der Waals surface area (Å²) in [5, 5.41) is 0. The minimum absolute atomic E-state index is 1.10. The fraction of sp³-hybridized carbons (Fsp3) is 1.00. The fourth-order valence-corrected chi connectivity index (χ4v) is 0.227. The van der Waals surface area contributed by atoms with Gasteiger partial charge in [0, 0.05) is 0 Å². The first-order valence-electron chi connectivity index (χ1n) is 1.82. The van der Waals surface area contributed by atoms with Gasteiger partial charge in [-0.05, 0) is 0 Å². The molecule has 0 fully saturated rings. The van der Waals surface area contributed by atoms with Crippen LogP contribution in [-0.2, 0) is 0 Å². The Hall–Kier alpha value is 1.38. The lowest BCUT2D eigenvalue weighted by Gasteiger charge is -2.23. The van der Waals surface area contributed by atoms with E-state index in [0.29, 0.717) is 0 Å². The lowest BCUT2D eigenvalue weighted by Crippen LogP contribution is -2.32. The van der Waals surface area contributed by atoms with Crippen LogP contribution in [0.15, 0.2) is 0 Å². The normalized spacial score (nSPS) is 14.0. The van der Waals surface area contributed by atoms with E-state index in [-0.39, 0.29) is 0 Å². The van der Waals surface area contributed by atoms with Gasteiger partial charge in [-0.2, -0.15) is 0 Å². The van der Waals surface area contributed by atoms with Crippen LogP contribution in [0.25, 0.3) is 0 Å². The molecule has 0 heterocycles. The molecule has 0 aliphatic carbocycles. The average molecular weight is 234 g/mol. The fourth-order valence-electron chi connectivity index (χ4n) is 0.0758. The summed E-state index contributed by atoms with van der Waals surface area (Å²) in [6.07, 6.45) is 0. The Morgan fingerprint density at radius 1 is 1.00 bits per heavy atom. The molecule has 0 spiro atoms. The molecule has 0 aliphatic rings. The monoisotopic (exact) mass is 232 g/mol. The van der Waals surface area contributed by atoms with Gasteiger partial charge in [0.25, 0.3) is 0 Å². The summed E-state index contributed by atoms with van der Waals surface area (Å²) in [5.41, 5.74) is 0. The molecule has 0 aromatic rings. The molecule has 0 aromatic heterocycles. The molecule has 0 N–H and O–H groups in total. The smallest absolute Gasteiger partial charge is 0.225 e. The van der Waals surface area contributed by atoms with Gasteiger partial charge in [-0.1, -0.05) is 58.0 Å². The number of halogens is 6. The van der Waals surface area contributed by atoms with E-state index in [1.54, 1.807) is 0 Å². The highest BCUT2D eigenvalue weighted by Gasteiger charge is 2.45. The summed E-state index contributed by atoms with van der Waals surface area (Å²) < 4.78 is 7.82. The molecule has 0 rings (SSSR count). The Balaban J connectivity index is 4.14. The summed E-state index contributed by atoms with van der Waals surface area (Å²) in [5.74, 6) is 0. The van der Waals surface area contributed by atoms with Crippen LogP contribution in [0.2, 0.25) is 0 Å². The molecule has 0 unspecified atom stereocenters. The molecule has 0 saturated heterocycles. The quantitative estimate of drug-likeness (QED) is 0.609. The molecule has 0 atom stereocenters. The van der Waals surface area contributed by atoms with Crippen molar-refractivity contribution in [2.75, 3.05) is 6.67 Å². The zero-order valence-corrected chi connectivity index (χ0v) is 7.75. The summed E-state index contributed by atoms with van der Waals surface area (Å²) in [7, 11) is 0. The zero-order chi connectivity index (χ0) is 7.71. The Morgan fingerprint density at radius 3 is 1.33 bits per heavy atom. The van der Waals surface area contributed by atoms with Crippen molar-refractivity contribution >= 4 is 58.0 Å². The van der Waals surface area contributed by atoms with Crippen LogP contribution in [0.4, 0.5) is 4.39 Å². The average Bonchev–Trinajstić information content (AvgIpc) is 1.64. The van der Waals surface area contributed by atoms with E-state index < -0.39 is 14.8 Å². The lowest BCUT2D eigenvalue weighted by molar-refractivity contribution is 0.458. The maximum Gasteiger partial charge on any atom is 0.225 e. The molecule has 0 saturated carbocycles. The van der Waals surface area contributed by atoms with E-state index in [9.17, 15) is 4.39 Å². The highest BCUT2D eigenvalue weighted by Crippen LogP contribution is 2.45. The Bertz CT molecular complexity index is 94.9. The van der Waals surface area contributed by atoms with Gasteiger partial charge in [-0.15, -0.1) is 0 Å². The SMILES string of the molecule is FCC(Cl)(Cl)C(Cl)(Cl)Cl. The highest BCUT2D eigenvalue weighted by atomic mass is 35.6. The van der Waals surface area contributed by atoms with Crippen LogP contribution in [0.5, 0.6) is 0 Å². The van der Waals surface area contributed by atoms with Crippen LogP contribution in [-0.4, -0.2) is 14.8 Å². The molecule has 0 aliphatic heterocycles. The third kappa shape index (κ3) is 2.85. The molecule has 6 heteroatoms. The molecule has 56 valence electrons. The first kappa shape index (κ1) is 10.4. The van der Waals surface area contributed by atoms with Crippen molar-refractivity contribution in [1.29, 1.82) is 0 Å². The predicted molar refractivity (Wildman–Crippen MR) is 40.7 cm³/mol. The Labute approximate surface area is 77.2 Å². The molecule has 0 amide bonds. The second kappa shape index (κ2) is 3.19. The van der Waals surface area contributed by atoms with E-state index in [1.165, 1.54) is 0 Å². The molecule has 0 aromatic carbocycles. The minimum Gasteiger partial charge on any atom is -0.248 e. The Kier molecular flexibility index (Phi) is 3.67. The third-order valence-corrected chi connectivity index (χ3v) is 2.90. The van der Waals surface area contributed by atoms with Gasteiger partial charge in [0.05, 0.1) is 0 Å². The summed E-state index contributed by atoms with van der Waals surface area (Å²) in [6.45, 7) is -1.10. The predicted octanol–water partition coefficient (Wildman–Crippen LogP) is 3.50. The van der Waals surface area contributed by atoms with Gasteiger partial charge >= 0.3 is 0 Å². The molecule has 0 radical (unpaired) electrons. The largest absolute Gasteiger partial charge is 0.248 e. The maximum absolute atomic E-state index is 11.7. The second-order valence-electron chi connectivity index (χ2n) is 1.34. The summed E-state index contributed by atoms with van der Waals surface area (Å²) in [6, 6.07) is 0. The van der Waals surface area contributed by atoms with Gasteiger partial charge in [0.2, 0.25) is 3.79 Å². The van der Waals surface area contributed by atoms with Crippen molar-refractivity contribution in [2.45, 2.75) is 8.13 Å². The third-order valence-electron chi connectivity index (χ3n) is 0.583. The number of alkyl halides is 6. The van der Waals surface area contributed by atoms with Crippen LogP contribution < -0.4 is 0 Å². The van der Waals surface area contributed by atoms with Gasteiger partial charge in [0.1, 0.15) is 6.67 Å². The van der Waals surface area contributed by atoms with E-state index in [0.717, 1.165) is 0 Å². The van der Waals surface area contributed by atoms with Gasteiger partial charge < -0.3 is 0 Å². The standard InChI is InChI=1S/C3H2Cl5F/c4-2(5,1-9)3(6,7)8/h1H2. The van der Waals surface area contributed by atoms with Crippen LogP contribution in [0.1, 0.15) is 0 Å². The van der Waals surface area contributed by atoms with Crippen LogP contribution in [0.3, 0.4) is 0 Å². The van der Waals surface area contributed by atoms with Crippen molar-refractivity contribution < 1.29 is 4.39 Å². The van der Waals surface area contributed by atoms with Crippen molar-refractivity contribution in [2.24, 2.45) is 0 Å². The minimum atomic E-state index is -1.98. The number of hydrogen-bond donors (Lipinski definition) is 0. The van der Waals surface area contributed by atoms with Gasteiger partial charge in [-0.25, -0.2) is 4.39 Å². The molecular weight excluding hydrogens is 232 g/mol. The topological polar surface area (TPSA) is 0 Å². The van der Waals surface area contributed by atoms with Gasteiger partial charge in [0.15, 0.2) is 4.33 Å². The van der Waals surface area contributed by atoms with E-state index >= 15 is 0 Å². The van der Waals surface area contributed by atoms with E-state index in [1.807, 2.05) is 0 Å². The summed E-state index contributed by atoms with van der Waals surface area (Å²) in [4.78, 5) is 0. The number of rotatable bonds is 1. The first-order valence-corrected chi connectivity index (χ1v) is 3.71. The van der Waals surface area contributed by atoms with Crippen LogP contribution >= 0.6 is 58.0 Å². The first-order chi connectivity index (χ1) is 3.81. The van der Waals surface area contributed by atoms with Crippen LogP contribution in [0, 0.1) is 0 Å². The molecule has 0 nitrogen and oxygen atoms in total. The van der Waals surface area contributed by atoms with Crippen molar-refractivity contribution in [3.63, 3.8) is 0 Å². The molecular formula is C3H2Cl5F. The van der Waals surface area contributed by atoms with Gasteiger partial charge in [-0.3, -0.25) is 0 Å². The van der Waals surface area contributed by atoms with E-state index in [4.69, 9.17) is 58.0 Å². The molecule has 9 heavy (non-hydrogen) atoms. The summed E-state index contributed by atoms with van der Waals surface area (Å²) >= 11 is 25.8. The number of hydrogen-bond acceptors (Lipinski definition) is 0. The molecule has 0 bridgehead atoms. The van der Waals surface area contributed by atoms with Crippen molar-refractivity contribution in [3.8, 4) is 0 Å². The second-order valence-corrected chi connectivity index (χ2v) is 5.10. The lowest BCUT2D eigenvalue weighted by atomic mass is 10.5. The Morgan fingerprint density at radius 2 is 1.33 bits per heavy atom. The maximum atomic E-state index is 11.7. The van der Waals surface area contributed by atoms with Crippen molar-refractivity contribution in [1.82, 2.24) is 0 Å². The van der Waals surface area contributed by atoms with E-state index in [2.05, 4.69) is 0 Å². The zero-order valence-electron chi connectivity index (χ0n) is 3.97.